The standard InChI is InChI=1S/C16H22Br2O2/c1-2-3-10-4-5-11-13(10)14-12(16(14,17)18)6-7-15(11)19-8-9-20-15/h2,10-14H,1,3-9H2/t10-,11-,12-,13-,14-/m1/s1. The Morgan fingerprint density at radius 2 is 1.85 bits per heavy atom. The first-order valence-corrected chi connectivity index (χ1v) is 9.45. The maximum atomic E-state index is 6.16. The Kier molecular flexibility index (Phi) is 3.42. The van der Waals surface area contributed by atoms with Crippen LogP contribution in [0.5, 0.6) is 0 Å². The summed E-state index contributed by atoms with van der Waals surface area (Å²) in [5, 5.41) is 0. The summed E-state index contributed by atoms with van der Waals surface area (Å²) in [5.74, 6) is 3.23. The second-order valence-corrected chi connectivity index (χ2v) is 10.6. The Morgan fingerprint density at radius 1 is 1.10 bits per heavy atom. The highest BCUT2D eigenvalue weighted by atomic mass is 79.9. The second kappa shape index (κ2) is 4.81. The number of rotatable bonds is 2. The van der Waals surface area contributed by atoms with E-state index in [1.807, 2.05) is 0 Å². The van der Waals surface area contributed by atoms with Crippen molar-refractivity contribution in [1.82, 2.24) is 0 Å². The van der Waals surface area contributed by atoms with Crippen LogP contribution in [0.15, 0.2) is 12.7 Å². The normalized spacial score (nSPS) is 47.6. The van der Waals surface area contributed by atoms with Gasteiger partial charge in [0.25, 0.3) is 0 Å². The van der Waals surface area contributed by atoms with Crippen LogP contribution in [0.2, 0.25) is 0 Å². The molecule has 2 nitrogen and oxygen atoms in total. The molecule has 1 heterocycles. The zero-order valence-electron chi connectivity index (χ0n) is 11.7. The van der Waals surface area contributed by atoms with Crippen LogP contribution in [0.25, 0.3) is 0 Å². The molecule has 4 rings (SSSR count). The molecule has 0 bridgehead atoms. The van der Waals surface area contributed by atoms with E-state index in [9.17, 15) is 0 Å². The van der Waals surface area contributed by atoms with Crippen LogP contribution < -0.4 is 0 Å². The lowest BCUT2D eigenvalue weighted by Gasteiger charge is -2.37. The Hall–Kier alpha value is 0.620. The van der Waals surface area contributed by atoms with Crippen molar-refractivity contribution >= 4 is 31.9 Å². The zero-order valence-corrected chi connectivity index (χ0v) is 14.9. The van der Waals surface area contributed by atoms with Crippen molar-refractivity contribution in [2.75, 3.05) is 13.2 Å². The Labute approximate surface area is 137 Å². The summed E-state index contributed by atoms with van der Waals surface area (Å²) >= 11 is 7.87. The first-order chi connectivity index (χ1) is 9.60. The van der Waals surface area contributed by atoms with Gasteiger partial charge in [0, 0.05) is 12.3 Å². The molecule has 3 saturated carbocycles. The largest absolute Gasteiger partial charge is 0.347 e. The van der Waals surface area contributed by atoms with E-state index < -0.39 is 0 Å². The molecular formula is C16H22Br2O2. The Morgan fingerprint density at radius 3 is 2.55 bits per heavy atom. The molecule has 4 aliphatic rings. The maximum Gasteiger partial charge on any atom is 0.171 e. The molecule has 112 valence electrons. The van der Waals surface area contributed by atoms with Gasteiger partial charge in [-0.1, -0.05) is 37.9 Å². The van der Waals surface area contributed by atoms with Gasteiger partial charge in [0.1, 0.15) is 0 Å². The average Bonchev–Trinajstić information content (AvgIpc) is 2.78. The Bertz CT molecular complexity index is 417. The van der Waals surface area contributed by atoms with Crippen LogP contribution >= 0.6 is 31.9 Å². The van der Waals surface area contributed by atoms with Crippen molar-refractivity contribution in [3.05, 3.63) is 12.7 Å². The van der Waals surface area contributed by atoms with E-state index in [0.29, 0.717) is 11.8 Å². The Balaban J connectivity index is 1.68. The van der Waals surface area contributed by atoms with Gasteiger partial charge in [0.2, 0.25) is 0 Å². The highest BCUT2D eigenvalue weighted by Crippen LogP contribution is 2.73. The van der Waals surface area contributed by atoms with Crippen molar-refractivity contribution in [2.24, 2.45) is 29.6 Å². The fraction of sp³-hybridized carbons (Fsp3) is 0.875. The van der Waals surface area contributed by atoms with Crippen molar-refractivity contribution in [3.63, 3.8) is 0 Å². The molecule has 0 unspecified atom stereocenters. The van der Waals surface area contributed by atoms with Crippen molar-refractivity contribution in [3.8, 4) is 0 Å². The number of hydrogen-bond acceptors (Lipinski definition) is 2. The lowest BCUT2D eigenvalue weighted by molar-refractivity contribution is -0.207. The van der Waals surface area contributed by atoms with Gasteiger partial charge < -0.3 is 9.47 Å². The molecule has 0 aromatic rings. The molecule has 0 amide bonds. The smallest absolute Gasteiger partial charge is 0.171 e. The molecule has 0 aromatic carbocycles. The number of halogens is 2. The van der Waals surface area contributed by atoms with Gasteiger partial charge in [-0.25, -0.2) is 0 Å². The van der Waals surface area contributed by atoms with Gasteiger partial charge in [-0.3, -0.25) is 0 Å². The van der Waals surface area contributed by atoms with Crippen LogP contribution in [0.3, 0.4) is 0 Å². The van der Waals surface area contributed by atoms with Crippen molar-refractivity contribution in [1.29, 1.82) is 0 Å². The molecule has 0 aromatic heterocycles. The molecule has 4 fully saturated rings. The van der Waals surface area contributed by atoms with Crippen LogP contribution in [0.4, 0.5) is 0 Å². The molecule has 0 radical (unpaired) electrons. The van der Waals surface area contributed by atoms with Gasteiger partial charge in [0.05, 0.1) is 16.4 Å². The lowest BCUT2D eigenvalue weighted by Crippen LogP contribution is -2.42. The van der Waals surface area contributed by atoms with E-state index in [0.717, 1.165) is 43.8 Å². The molecule has 3 aliphatic carbocycles. The molecule has 4 heteroatoms. The topological polar surface area (TPSA) is 18.5 Å². The van der Waals surface area contributed by atoms with E-state index in [-0.39, 0.29) is 9.02 Å². The fourth-order valence-corrected chi connectivity index (χ4v) is 7.35. The van der Waals surface area contributed by atoms with Gasteiger partial charge in [0.15, 0.2) is 5.79 Å². The molecule has 5 atom stereocenters. The fourth-order valence-electron chi connectivity index (χ4n) is 5.34. The third kappa shape index (κ3) is 1.87. The van der Waals surface area contributed by atoms with E-state index in [1.165, 1.54) is 19.3 Å². The van der Waals surface area contributed by atoms with Gasteiger partial charge >= 0.3 is 0 Å². The summed E-state index contributed by atoms with van der Waals surface area (Å²) in [6.45, 7) is 5.52. The van der Waals surface area contributed by atoms with E-state index >= 15 is 0 Å². The van der Waals surface area contributed by atoms with Crippen LogP contribution in [-0.2, 0) is 9.47 Å². The van der Waals surface area contributed by atoms with Crippen LogP contribution in [0, 0.1) is 29.6 Å². The van der Waals surface area contributed by atoms with Crippen molar-refractivity contribution in [2.45, 2.75) is 41.1 Å². The van der Waals surface area contributed by atoms with E-state index in [4.69, 9.17) is 9.47 Å². The summed E-state index contributed by atoms with van der Waals surface area (Å²) < 4.78 is 12.5. The summed E-state index contributed by atoms with van der Waals surface area (Å²) in [7, 11) is 0. The molecule has 1 saturated heterocycles. The van der Waals surface area contributed by atoms with Crippen LogP contribution in [0.1, 0.15) is 32.1 Å². The predicted octanol–water partition coefficient (Wildman–Crippen LogP) is 4.47. The average molecular weight is 406 g/mol. The number of fused-ring (bicyclic) bond motifs is 4. The third-order valence-electron chi connectivity index (χ3n) is 6.15. The molecule has 0 N–H and O–H groups in total. The summed E-state index contributed by atoms with van der Waals surface area (Å²) in [5.41, 5.74) is 0. The number of ether oxygens (including phenoxy) is 2. The quantitative estimate of drug-likeness (QED) is 0.498. The third-order valence-corrected chi connectivity index (χ3v) is 8.38. The SMILES string of the molecule is C=CC[C@@H]1CC[C@@H]2[C@@H]1[C@H]1[C@@H](CCC23OCCO3)C1(Br)Br. The monoisotopic (exact) mass is 404 g/mol. The zero-order chi connectivity index (χ0) is 14.0. The first-order valence-electron chi connectivity index (χ1n) is 7.87. The second-order valence-electron chi connectivity index (χ2n) is 6.90. The number of allylic oxidation sites excluding steroid dienone is 1. The highest BCUT2D eigenvalue weighted by molar-refractivity contribution is 9.25. The molecule has 1 aliphatic heterocycles. The van der Waals surface area contributed by atoms with Gasteiger partial charge in [-0.05, 0) is 49.4 Å². The minimum atomic E-state index is -0.260. The summed E-state index contributed by atoms with van der Waals surface area (Å²) in [4.78, 5) is 0. The van der Waals surface area contributed by atoms with Gasteiger partial charge in [-0.2, -0.15) is 0 Å². The van der Waals surface area contributed by atoms with Gasteiger partial charge in [-0.15, -0.1) is 6.58 Å². The molecule has 20 heavy (non-hydrogen) atoms. The van der Waals surface area contributed by atoms with E-state index in [1.54, 1.807) is 0 Å². The summed E-state index contributed by atoms with van der Waals surface area (Å²) in [6.07, 6.45) is 8.06. The van der Waals surface area contributed by atoms with Crippen molar-refractivity contribution < 1.29 is 9.47 Å². The van der Waals surface area contributed by atoms with Crippen LogP contribution in [-0.4, -0.2) is 22.2 Å². The minimum Gasteiger partial charge on any atom is -0.347 e. The number of alkyl halides is 2. The molecular weight excluding hydrogens is 384 g/mol. The highest BCUT2D eigenvalue weighted by Gasteiger charge is 2.71. The summed E-state index contributed by atoms with van der Waals surface area (Å²) in [6, 6.07) is 0. The first kappa shape index (κ1) is 14.2. The van der Waals surface area contributed by atoms with E-state index in [2.05, 4.69) is 44.5 Å². The maximum absolute atomic E-state index is 6.16. The predicted molar refractivity (Wildman–Crippen MR) is 86.0 cm³/mol. The lowest BCUT2D eigenvalue weighted by atomic mass is 9.79. The number of hydrogen-bond donors (Lipinski definition) is 0. The molecule has 1 spiro atoms. The minimum absolute atomic E-state index is 0.174.